The molecule has 0 fully saturated rings. The number of nitro groups is 1. The molecule has 9 nitrogen and oxygen atoms in total. The van der Waals surface area contributed by atoms with E-state index < -0.39 is 27.4 Å². The summed E-state index contributed by atoms with van der Waals surface area (Å²) < 4.78 is 33.8. The van der Waals surface area contributed by atoms with Gasteiger partial charge in [-0.25, -0.2) is 8.42 Å². The van der Waals surface area contributed by atoms with E-state index in [0.717, 1.165) is 28.8 Å². The maximum atomic E-state index is 13.8. The Morgan fingerprint density at radius 3 is 2.47 bits per heavy atom. The zero-order valence-electron chi connectivity index (χ0n) is 21.4. The molecule has 0 saturated heterocycles. The van der Waals surface area contributed by atoms with Gasteiger partial charge in [0, 0.05) is 23.2 Å². The molecule has 3 aromatic carbocycles. The number of nitrogens with one attached hydrogen (secondary N) is 1. The predicted octanol–water partition coefficient (Wildman–Crippen LogP) is 5.15. The van der Waals surface area contributed by atoms with Crippen LogP contribution in [0, 0.1) is 23.0 Å². The lowest BCUT2D eigenvalue weighted by atomic mass is 9.97. The molecule has 0 spiro atoms. The fraction of sp³-hybridized carbons (Fsp3) is 0.296. The van der Waals surface area contributed by atoms with Crippen LogP contribution in [-0.2, 0) is 21.2 Å². The Kier molecular flexibility index (Phi) is 9.71. The third-order valence-corrected chi connectivity index (χ3v) is 8.19. The lowest BCUT2D eigenvalue weighted by Crippen LogP contribution is -2.42. The fourth-order valence-electron chi connectivity index (χ4n) is 3.98. The van der Waals surface area contributed by atoms with Crippen molar-refractivity contribution in [1.82, 2.24) is 5.32 Å². The Hall–Kier alpha value is -3.63. The smallest absolute Gasteiger partial charge is 0.273 e. The molecule has 1 amide bonds. The minimum absolute atomic E-state index is 0.0368. The van der Waals surface area contributed by atoms with Gasteiger partial charge >= 0.3 is 0 Å². The van der Waals surface area contributed by atoms with Crippen molar-refractivity contribution in [1.29, 1.82) is 0 Å². The van der Waals surface area contributed by atoms with Crippen LogP contribution in [0.3, 0.4) is 0 Å². The van der Waals surface area contributed by atoms with Gasteiger partial charge in [0.05, 0.1) is 22.6 Å². The van der Waals surface area contributed by atoms with E-state index in [2.05, 4.69) is 5.32 Å². The molecule has 202 valence electrons. The second kappa shape index (κ2) is 12.7. The quantitative estimate of drug-likeness (QED) is 0.242. The summed E-state index contributed by atoms with van der Waals surface area (Å²) in [4.78, 5) is 23.6. The third kappa shape index (κ3) is 7.02. The number of anilines is 1. The van der Waals surface area contributed by atoms with Crippen molar-refractivity contribution in [2.45, 2.75) is 31.6 Å². The Morgan fingerprint density at radius 2 is 1.84 bits per heavy atom. The number of carbonyl (C=O) groups is 1. The first-order valence-corrected chi connectivity index (χ1v) is 13.8. The molecule has 0 radical (unpaired) electrons. The van der Waals surface area contributed by atoms with E-state index in [1.165, 1.54) is 44.4 Å². The zero-order chi connectivity index (χ0) is 27.9. The van der Waals surface area contributed by atoms with Gasteiger partial charge in [-0.15, -0.1) is 0 Å². The number of amides is 1. The lowest BCUT2D eigenvalue weighted by Gasteiger charge is -2.26. The normalized spacial score (nSPS) is 12.0. The topological polar surface area (TPSA) is 119 Å². The minimum atomic E-state index is -4.43. The molecule has 0 aliphatic heterocycles. The van der Waals surface area contributed by atoms with Gasteiger partial charge in [0.1, 0.15) is 12.3 Å². The monoisotopic (exact) mass is 559 g/mol. The van der Waals surface area contributed by atoms with Gasteiger partial charge in [-0.2, -0.15) is 0 Å². The molecule has 0 saturated carbocycles. The summed E-state index contributed by atoms with van der Waals surface area (Å²) in [5.41, 5.74) is 1.14. The molecular formula is C27H30ClN3O6S. The number of hydrogen-bond acceptors (Lipinski definition) is 6. The van der Waals surface area contributed by atoms with Crippen LogP contribution in [0.4, 0.5) is 11.4 Å². The van der Waals surface area contributed by atoms with Crippen molar-refractivity contribution >= 4 is 38.9 Å². The Morgan fingerprint density at radius 1 is 1.13 bits per heavy atom. The van der Waals surface area contributed by atoms with Crippen molar-refractivity contribution in [3.05, 3.63) is 93.0 Å². The lowest BCUT2D eigenvalue weighted by molar-refractivity contribution is -0.385. The van der Waals surface area contributed by atoms with Gasteiger partial charge in [0.25, 0.3) is 15.7 Å². The van der Waals surface area contributed by atoms with E-state index in [1.54, 1.807) is 0 Å². The van der Waals surface area contributed by atoms with Gasteiger partial charge in [-0.05, 0) is 49.1 Å². The molecule has 0 bridgehead atoms. The highest BCUT2D eigenvalue weighted by atomic mass is 35.5. The molecule has 1 atom stereocenters. The number of benzene rings is 3. The number of methoxy groups -OCH3 is 1. The van der Waals surface area contributed by atoms with Gasteiger partial charge in [-0.3, -0.25) is 19.2 Å². The summed E-state index contributed by atoms with van der Waals surface area (Å²) >= 11 is 6.17. The molecule has 3 rings (SSSR count). The SMILES string of the molecule is CCC(CNC(=O)CN(c1cc(Cl)ccc1OC)S(=O)(=O)c1ccc(C)c([N+](=O)[O-])c1)Cc1ccccc1. The van der Waals surface area contributed by atoms with E-state index in [1.807, 2.05) is 37.3 Å². The highest BCUT2D eigenvalue weighted by Crippen LogP contribution is 2.35. The Balaban J connectivity index is 1.92. The molecular weight excluding hydrogens is 530 g/mol. The maximum absolute atomic E-state index is 13.8. The number of carbonyl (C=O) groups excluding carboxylic acids is 1. The summed E-state index contributed by atoms with van der Waals surface area (Å²) in [6.45, 7) is 3.31. The van der Waals surface area contributed by atoms with E-state index in [0.29, 0.717) is 12.1 Å². The van der Waals surface area contributed by atoms with Crippen LogP contribution in [0.15, 0.2) is 71.6 Å². The van der Waals surface area contributed by atoms with Crippen molar-refractivity contribution in [3.63, 3.8) is 0 Å². The fourth-order valence-corrected chi connectivity index (χ4v) is 5.59. The second-order valence-electron chi connectivity index (χ2n) is 8.80. The van der Waals surface area contributed by atoms with Crippen LogP contribution in [-0.4, -0.2) is 39.4 Å². The highest BCUT2D eigenvalue weighted by Gasteiger charge is 2.31. The predicted molar refractivity (Wildman–Crippen MR) is 147 cm³/mol. The van der Waals surface area contributed by atoms with Crippen molar-refractivity contribution in [3.8, 4) is 5.75 Å². The summed E-state index contributed by atoms with van der Waals surface area (Å²) in [6.07, 6.45) is 1.57. The van der Waals surface area contributed by atoms with Crippen molar-refractivity contribution in [2.75, 3.05) is 24.5 Å². The molecule has 1 unspecified atom stereocenters. The molecule has 11 heteroatoms. The standard InChI is InChI=1S/C27H30ClN3O6S/c1-4-20(14-21-8-6-5-7-9-21)17-29-27(32)18-30(25-15-22(28)11-13-26(25)37-3)38(35,36)23-12-10-19(2)24(16-23)31(33)34/h5-13,15-16,20H,4,14,17-18H2,1-3H3,(H,29,32). The molecule has 0 aliphatic carbocycles. The van der Waals surface area contributed by atoms with E-state index in [4.69, 9.17) is 16.3 Å². The third-order valence-electron chi connectivity index (χ3n) is 6.19. The molecule has 0 aliphatic rings. The number of sulfonamides is 1. The zero-order valence-corrected chi connectivity index (χ0v) is 23.0. The summed E-state index contributed by atoms with van der Waals surface area (Å²) in [5, 5.41) is 14.5. The number of rotatable bonds is 12. The van der Waals surface area contributed by atoms with Gasteiger partial charge in [0.15, 0.2) is 0 Å². The van der Waals surface area contributed by atoms with Crippen LogP contribution in [0.1, 0.15) is 24.5 Å². The largest absolute Gasteiger partial charge is 0.495 e. The van der Waals surface area contributed by atoms with Crippen molar-refractivity contribution < 1.29 is 22.9 Å². The average Bonchev–Trinajstić information content (AvgIpc) is 2.90. The number of ether oxygens (including phenoxy) is 1. The average molecular weight is 560 g/mol. The second-order valence-corrected chi connectivity index (χ2v) is 11.1. The van der Waals surface area contributed by atoms with Crippen LogP contribution < -0.4 is 14.4 Å². The molecule has 38 heavy (non-hydrogen) atoms. The van der Waals surface area contributed by atoms with Gasteiger partial charge in [-0.1, -0.05) is 61.3 Å². The summed E-state index contributed by atoms with van der Waals surface area (Å²) in [6, 6.07) is 17.9. The van der Waals surface area contributed by atoms with Crippen LogP contribution in [0.2, 0.25) is 5.02 Å². The van der Waals surface area contributed by atoms with Crippen LogP contribution in [0.5, 0.6) is 5.75 Å². The van der Waals surface area contributed by atoms with E-state index in [-0.39, 0.29) is 33.0 Å². The Labute approximate surface area is 227 Å². The van der Waals surface area contributed by atoms with Crippen LogP contribution >= 0.6 is 11.6 Å². The number of hydrogen-bond donors (Lipinski definition) is 1. The summed E-state index contributed by atoms with van der Waals surface area (Å²) in [7, 11) is -3.07. The first-order valence-electron chi connectivity index (χ1n) is 12.0. The molecule has 0 aromatic heterocycles. The number of nitro benzene ring substituents is 1. The van der Waals surface area contributed by atoms with Gasteiger partial charge < -0.3 is 10.1 Å². The minimum Gasteiger partial charge on any atom is -0.495 e. The number of halogens is 1. The Bertz CT molecular complexity index is 1400. The van der Waals surface area contributed by atoms with Crippen LogP contribution in [0.25, 0.3) is 0 Å². The first kappa shape index (κ1) is 28.9. The van der Waals surface area contributed by atoms with Gasteiger partial charge in [0.2, 0.25) is 5.91 Å². The first-order chi connectivity index (χ1) is 18.1. The van der Waals surface area contributed by atoms with E-state index >= 15 is 0 Å². The number of nitrogens with zero attached hydrogens (tertiary/aromatic N) is 2. The highest BCUT2D eigenvalue weighted by molar-refractivity contribution is 7.92. The molecule has 0 heterocycles. The maximum Gasteiger partial charge on any atom is 0.273 e. The van der Waals surface area contributed by atoms with Crippen molar-refractivity contribution in [2.24, 2.45) is 5.92 Å². The number of aryl methyl sites for hydroxylation is 1. The molecule has 1 N–H and O–H groups in total. The molecule has 3 aromatic rings. The summed E-state index contributed by atoms with van der Waals surface area (Å²) in [5.74, 6) is -0.224. The van der Waals surface area contributed by atoms with E-state index in [9.17, 15) is 23.3 Å².